The molecule has 0 unspecified atom stereocenters. The van der Waals surface area contributed by atoms with Gasteiger partial charge in [-0.15, -0.1) is 0 Å². The summed E-state index contributed by atoms with van der Waals surface area (Å²) < 4.78 is 20.8. The van der Waals surface area contributed by atoms with Crippen LogP contribution in [0.25, 0.3) is 10.9 Å². The first-order chi connectivity index (χ1) is 17.4. The lowest BCUT2D eigenvalue weighted by Gasteiger charge is -2.37. The Morgan fingerprint density at radius 1 is 1.25 bits per heavy atom. The number of benzene rings is 2. The molecule has 0 saturated carbocycles. The number of hydrogen-bond donors (Lipinski definition) is 1. The van der Waals surface area contributed by atoms with Gasteiger partial charge < -0.3 is 9.84 Å². The Bertz CT molecular complexity index is 1270. The maximum atomic E-state index is 15.5. The molecule has 1 fully saturated rings. The largest absolute Gasteiger partial charge is 0.497 e. The van der Waals surface area contributed by atoms with E-state index in [9.17, 15) is 9.90 Å². The number of piperidine rings is 1. The summed E-state index contributed by atoms with van der Waals surface area (Å²) in [6.45, 7) is 4.16. The molecule has 3 atom stereocenters. The van der Waals surface area contributed by atoms with Crippen molar-refractivity contribution in [2.45, 2.75) is 38.8 Å². The molecule has 0 bridgehead atoms. The molecule has 1 N–H and O–H groups in total. The zero-order valence-corrected chi connectivity index (χ0v) is 20.9. The third-order valence-corrected chi connectivity index (χ3v) is 7.19. The van der Waals surface area contributed by atoms with Crippen LogP contribution in [0.15, 0.2) is 54.7 Å². The second-order valence-electron chi connectivity index (χ2n) is 9.59. The number of nitrogens with zero attached hydrogens (tertiary/aromatic N) is 2. The summed E-state index contributed by atoms with van der Waals surface area (Å²) in [6, 6.07) is 15.3. The molecular weight excluding hydrogens is 455 g/mol. The van der Waals surface area contributed by atoms with Gasteiger partial charge in [-0.2, -0.15) is 0 Å². The molecule has 5 nitrogen and oxygen atoms in total. The van der Waals surface area contributed by atoms with Gasteiger partial charge in [-0.25, -0.2) is 4.39 Å². The maximum absolute atomic E-state index is 15.5. The molecule has 0 amide bonds. The van der Waals surface area contributed by atoms with Gasteiger partial charge in [0, 0.05) is 30.1 Å². The number of carboxylic acids is 1. The van der Waals surface area contributed by atoms with Crippen LogP contribution in [0.3, 0.4) is 0 Å². The fourth-order valence-corrected chi connectivity index (χ4v) is 5.16. The average Bonchev–Trinajstić information content (AvgIpc) is 2.88. The molecule has 1 saturated heterocycles. The normalized spacial score (nSPS) is 18.9. The van der Waals surface area contributed by atoms with Crippen molar-refractivity contribution in [1.82, 2.24) is 9.88 Å². The number of alkyl halides is 1. The van der Waals surface area contributed by atoms with Crippen molar-refractivity contribution < 1.29 is 19.0 Å². The van der Waals surface area contributed by atoms with Gasteiger partial charge in [0.1, 0.15) is 11.9 Å². The number of likely N-dealkylation sites (tertiary alicyclic amines) is 1. The van der Waals surface area contributed by atoms with Crippen LogP contribution in [0.5, 0.6) is 5.75 Å². The third-order valence-electron chi connectivity index (χ3n) is 7.19. The molecule has 2 aromatic carbocycles. The molecule has 1 aliphatic heterocycles. The predicted molar refractivity (Wildman–Crippen MR) is 140 cm³/mol. The number of aliphatic carboxylic acids is 1. The molecule has 0 radical (unpaired) electrons. The van der Waals surface area contributed by atoms with Crippen LogP contribution in [-0.4, -0.2) is 47.7 Å². The van der Waals surface area contributed by atoms with Crippen LogP contribution >= 0.6 is 0 Å². The van der Waals surface area contributed by atoms with Crippen LogP contribution in [0.2, 0.25) is 0 Å². The lowest BCUT2D eigenvalue weighted by atomic mass is 9.79. The van der Waals surface area contributed by atoms with E-state index in [-0.39, 0.29) is 18.3 Å². The minimum Gasteiger partial charge on any atom is -0.497 e. The first kappa shape index (κ1) is 25.7. The van der Waals surface area contributed by atoms with Gasteiger partial charge in [0.15, 0.2) is 0 Å². The topological polar surface area (TPSA) is 62.7 Å². The van der Waals surface area contributed by atoms with Crippen LogP contribution < -0.4 is 4.74 Å². The van der Waals surface area contributed by atoms with E-state index in [2.05, 4.69) is 21.7 Å². The monoisotopic (exact) mass is 488 g/mol. The van der Waals surface area contributed by atoms with Crippen LogP contribution in [-0.2, 0) is 4.79 Å². The van der Waals surface area contributed by atoms with E-state index >= 15 is 4.39 Å². The Hall–Kier alpha value is -3.43. The number of rotatable bonds is 8. The molecule has 3 aromatic rings. The minimum absolute atomic E-state index is 0.0158. The number of methoxy groups -OCH3 is 1. The van der Waals surface area contributed by atoms with E-state index in [1.54, 1.807) is 19.4 Å². The van der Waals surface area contributed by atoms with Crippen LogP contribution in [0.1, 0.15) is 48.5 Å². The summed E-state index contributed by atoms with van der Waals surface area (Å²) in [5.41, 5.74) is 3.51. The highest BCUT2D eigenvalue weighted by molar-refractivity contribution is 5.83. The van der Waals surface area contributed by atoms with E-state index in [0.29, 0.717) is 37.2 Å². The second kappa shape index (κ2) is 12.0. The number of aryl methyl sites for hydroxylation is 1. The number of carboxylic acid groups (broad SMARTS) is 1. The molecule has 0 spiro atoms. The molecule has 4 rings (SSSR count). The van der Waals surface area contributed by atoms with Crippen molar-refractivity contribution in [3.8, 4) is 17.6 Å². The molecule has 6 heteroatoms. The van der Waals surface area contributed by atoms with Crippen molar-refractivity contribution in [3.63, 3.8) is 0 Å². The lowest BCUT2D eigenvalue weighted by molar-refractivity contribution is -0.139. The summed E-state index contributed by atoms with van der Waals surface area (Å²) in [5, 5.41) is 10.3. The van der Waals surface area contributed by atoms with E-state index in [1.165, 1.54) is 0 Å². The molecular formula is C30H33FN2O3. The number of pyridine rings is 1. The van der Waals surface area contributed by atoms with E-state index in [4.69, 9.17) is 4.74 Å². The Balaban J connectivity index is 1.39. The molecule has 2 heterocycles. The van der Waals surface area contributed by atoms with Gasteiger partial charge in [0.05, 0.1) is 19.2 Å². The number of halogens is 1. The molecule has 188 valence electrons. The summed E-state index contributed by atoms with van der Waals surface area (Å²) in [6.07, 6.45) is 2.44. The molecule has 1 aromatic heterocycles. The molecule has 1 aliphatic rings. The fraction of sp³-hybridized carbons (Fsp3) is 0.400. The highest BCUT2D eigenvalue weighted by Gasteiger charge is 2.31. The van der Waals surface area contributed by atoms with Crippen LogP contribution in [0, 0.1) is 30.6 Å². The first-order valence-corrected chi connectivity index (χ1v) is 12.5. The zero-order chi connectivity index (χ0) is 25.5. The Kier molecular flexibility index (Phi) is 8.56. The van der Waals surface area contributed by atoms with Gasteiger partial charge in [-0.05, 0) is 86.0 Å². The maximum Gasteiger partial charge on any atom is 0.303 e. The quantitative estimate of drug-likeness (QED) is 0.406. The number of fused-ring (bicyclic) bond motifs is 1. The van der Waals surface area contributed by atoms with E-state index in [1.807, 2.05) is 49.4 Å². The average molecular weight is 489 g/mol. The predicted octanol–water partition coefficient (Wildman–Crippen LogP) is 5.81. The molecule has 36 heavy (non-hydrogen) atoms. The highest BCUT2D eigenvalue weighted by atomic mass is 19.1. The highest BCUT2D eigenvalue weighted by Crippen LogP contribution is 2.36. The number of ether oxygens (including phenoxy) is 1. The van der Waals surface area contributed by atoms with Crippen molar-refractivity contribution in [3.05, 3.63) is 71.4 Å². The summed E-state index contributed by atoms with van der Waals surface area (Å²) in [4.78, 5) is 18.2. The van der Waals surface area contributed by atoms with Crippen molar-refractivity contribution >= 4 is 16.9 Å². The summed E-state index contributed by atoms with van der Waals surface area (Å²) >= 11 is 0. The van der Waals surface area contributed by atoms with Gasteiger partial charge in [-0.3, -0.25) is 14.7 Å². The third kappa shape index (κ3) is 6.41. The lowest BCUT2D eigenvalue weighted by Crippen LogP contribution is -2.41. The van der Waals surface area contributed by atoms with Crippen molar-refractivity contribution in [1.29, 1.82) is 0 Å². The van der Waals surface area contributed by atoms with Crippen LogP contribution in [0.4, 0.5) is 4.39 Å². The Morgan fingerprint density at radius 2 is 2.08 bits per heavy atom. The van der Waals surface area contributed by atoms with Gasteiger partial charge in [-0.1, -0.05) is 30.0 Å². The van der Waals surface area contributed by atoms with Crippen molar-refractivity contribution in [2.75, 3.05) is 26.7 Å². The standard InChI is InChI=1S/C30H33FN2O3/c1-21-6-3-4-7-22(21)8-5-16-33-17-14-23(24(20-33)18-30(34)35)9-11-28(31)26-13-15-32-29-12-10-25(36-2)19-27(26)29/h3-4,6-7,10,12-13,15,19,23-24,28H,9,11,14,16-18,20H2,1-2H3,(H,34,35)/t23-,24+,28-/m1/s1. The van der Waals surface area contributed by atoms with Gasteiger partial charge in [0.25, 0.3) is 0 Å². The SMILES string of the molecule is COc1ccc2nccc([C@H](F)CC[C@@H]3CCN(CC#Cc4ccccc4C)C[C@@H]3CC(=O)O)c2c1. The van der Waals surface area contributed by atoms with E-state index in [0.717, 1.165) is 35.0 Å². The number of aromatic nitrogens is 1. The zero-order valence-electron chi connectivity index (χ0n) is 20.9. The smallest absolute Gasteiger partial charge is 0.303 e. The summed E-state index contributed by atoms with van der Waals surface area (Å²) in [5.74, 6) is 6.51. The second-order valence-corrected chi connectivity index (χ2v) is 9.59. The first-order valence-electron chi connectivity index (χ1n) is 12.5. The van der Waals surface area contributed by atoms with E-state index < -0.39 is 12.1 Å². The van der Waals surface area contributed by atoms with Gasteiger partial charge in [0.2, 0.25) is 0 Å². The number of carbonyl (C=O) groups is 1. The Labute approximate surface area is 212 Å². The minimum atomic E-state index is -1.15. The number of hydrogen-bond acceptors (Lipinski definition) is 4. The van der Waals surface area contributed by atoms with Gasteiger partial charge >= 0.3 is 5.97 Å². The van der Waals surface area contributed by atoms with Crippen molar-refractivity contribution in [2.24, 2.45) is 11.8 Å². The molecule has 0 aliphatic carbocycles. The fourth-order valence-electron chi connectivity index (χ4n) is 5.16. The summed E-state index contributed by atoms with van der Waals surface area (Å²) in [7, 11) is 1.59. The Morgan fingerprint density at radius 3 is 2.86 bits per heavy atom.